The van der Waals surface area contributed by atoms with Gasteiger partial charge in [-0.2, -0.15) is 0 Å². The van der Waals surface area contributed by atoms with Gasteiger partial charge in [-0.15, -0.1) is 0 Å². The molecule has 3 fully saturated rings. The van der Waals surface area contributed by atoms with Crippen molar-refractivity contribution in [3.63, 3.8) is 0 Å². The van der Waals surface area contributed by atoms with Gasteiger partial charge in [0.15, 0.2) is 0 Å². The normalized spacial score (nSPS) is 23.5. The first kappa shape index (κ1) is 20.5. The van der Waals surface area contributed by atoms with Crippen LogP contribution in [-0.2, 0) is 9.59 Å². The summed E-state index contributed by atoms with van der Waals surface area (Å²) in [4.78, 5) is 36.1. The zero-order valence-corrected chi connectivity index (χ0v) is 18.2. The second kappa shape index (κ2) is 7.93. The number of nitrogens with zero attached hydrogens (tertiary/aromatic N) is 2. The first-order valence-electron chi connectivity index (χ1n) is 11.7. The van der Waals surface area contributed by atoms with Gasteiger partial charge in [-0.05, 0) is 61.6 Å². The molecule has 166 valence electrons. The molecule has 5 rings (SSSR count). The first-order valence-corrected chi connectivity index (χ1v) is 11.7. The van der Waals surface area contributed by atoms with Crippen molar-refractivity contribution in [2.45, 2.75) is 70.8 Å². The Morgan fingerprint density at radius 2 is 2.10 bits per heavy atom. The summed E-state index contributed by atoms with van der Waals surface area (Å²) in [6, 6.07) is 6.09. The Balaban J connectivity index is 1.42. The van der Waals surface area contributed by atoms with Crippen molar-refractivity contribution in [1.82, 2.24) is 20.3 Å². The number of rotatable bonds is 6. The van der Waals surface area contributed by atoms with Crippen molar-refractivity contribution in [1.29, 1.82) is 0 Å². The maximum absolute atomic E-state index is 13.8. The van der Waals surface area contributed by atoms with Gasteiger partial charge in [-0.25, -0.2) is 10.5 Å². The zero-order chi connectivity index (χ0) is 21.6. The largest absolute Gasteiger partial charge is 0.340 e. The Morgan fingerprint density at radius 1 is 1.32 bits per heavy atom. The molecule has 3 N–H and O–H groups in total. The van der Waals surface area contributed by atoms with Crippen LogP contribution in [0.25, 0.3) is 11.0 Å². The lowest BCUT2D eigenvalue weighted by Crippen LogP contribution is -2.39. The second-order valence-corrected chi connectivity index (χ2v) is 10.2. The van der Waals surface area contributed by atoms with Crippen LogP contribution in [0.15, 0.2) is 18.2 Å². The van der Waals surface area contributed by atoms with Gasteiger partial charge in [0, 0.05) is 18.9 Å². The number of likely N-dealkylation sites (tertiary alicyclic amines) is 1. The molecule has 3 aliphatic rings. The molecule has 1 spiro atoms. The molecule has 1 aromatic carbocycles. The highest BCUT2D eigenvalue weighted by Gasteiger charge is 2.55. The van der Waals surface area contributed by atoms with Crippen molar-refractivity contribution in [3.8, 4) is 0 Å². The lowest BCUT2D eigenvalue weighted by Gasteiger charge is -2.29. The molecule has 1 aliphatic heterocycles. The number of nitrogens with one attached hydrogen (secondary N) is 2. The highest BCUT2D eigenvalue weighted by Crippen LogP contribution is 2.58. The van der Waals surface area contributed by atoms with Crippen LogP contribution < -0.4 is 5.48 Å². The molecule has 2 saturated carbocycles. The van der Waals surface area contributed by atoms with Crippen LogP contribution in [0, 0.1) is 24.2 Å². The van der Waals surface area contributed by atoms with Crippen LogP contribution in [0.2, 0.25) is 0 Å². The molecule has 1 unspecified atom stereocenters. The highest BCUT2D eigenvalue weighted by molar-refractivity contribution is 5.86. The molecule has 0 bridgehead atoms. The van der Waals surface area contributed by atoms with Gasteiger partial charge in [0.1, 0.15) is 5.82 Å². The third kappa shape index (κ3) is 4.07. The fraction of sp³-hybridized carbons (Fsp3) is 0.625. The number of aryl methyl sites for hydroxylation is 1. The van der Waals surface area contributed by atoms with Crippen molar-refractivity contribution < 1.29 is 14.8 Å². The minimum absolute atomic E-state index is 0.0425. The van der Waals surface area contributed by atoms with Crippen LogP contribution in [0.5, 0.6) is 0 Å². The third-order valence-corrected chi connectivity index (χ3v) is 7.72. The zero-order valence-electron chi connectivity index (χ0n) is 18.2. The molecule has 2 aliphatic carbocycles. The number of aromatic nitrogens is 2. The monoisotopic (exact) mass is 424 g/mol. The van der Waals surface area contributed by atoms with E-state index >= 15 is 0 Å². The number of carbonyl (C=O) groups excluding carboxylic acids is 2. The Bertz CT molecular complexity index is 990. The van der Waals surface area contributed by atoms with E-state index in [4.69, 9.17) is 10.2 Å². The quantitative estimate of drug-likeness (QED) is 0.482. The molecule has 0 radical (unpaired) electrons. The van der Waals surface area contributed by atoms with E-state index in [-0.39, 0.29) is 23.8 Å². The number of hydrogen-bond acceptors (Lipinski definition) is 4. The number of aromatic amines is 1. The smallest absolute Gasteiger partial charge is 0.244 e. The minimum Gasteiger partial charge on any atom is -0.340 e. The van der Waals surface area contributed by atoms with E-state index in [1.54, 1.807) is 5.48 Å². The summed E-state index contributed by atoms with van der Waals surface area (Å²) < 4.78 is 0. The van der Waals surface area contributed by atoms with Gasteiger partial charge in [0.05, 0.1) is 17.1 Å². The van der Waals surface area contributed by atoms with Gasteiger partial charge in [-0.1, -0.05) is 31.7 Å². The van der Waals surface area contributed by atoms with Crippen LogP contribution in [0.4, 0.5) is 0 Å². The summed E-state index contributed by atoms with van der Waals surface area (Å²) in [6.45, 7) is 2.80. The molecule has 1 saturated heterocycles. The number of imidazole rings is 1. The van der Waals surface area contributed by atoms with E-state index in [0.29, 0.717) is 5.92 Å². The van der Waals surface area contributed by atoms with E-state index in [0.717, 1.165) is 61.9 Å². The van der Waals surface area contributed by atoms with Crippen LogP contribution in [-0.4, -0.2) is 38.4 Å². The number of benzene rings is 1. The Morgan fingerprint density at radius 3 is 2.81 bits per heavy atom. The lowest BCUT2D eigenvalue weighted by atomic mass is 9.89. The van der Waals surface area contributed by atoms with Gasteiger partial charge >= 0.3 is 0 Å². The molecule has 1 aromatic heterocycles. The highest BCUT2D eigenvalue weighted by atomic mass is 16.5. The van der Waals surface area contributed by atoms with E-state index in [1.807, 2.05) is 11.0 Å². The SMILES string of the molecule is Cc1ccc2nc([C@H]3CC4(CC4)CN3C(=O)C(CC(=O)NO)CC3CCCC3)[nH]c2c1. The van der Waals surface area contributed by atoms with Gasteiger partial charge in [-0.3, -0.25) is 14.8 Å². The minimum atomic E-state index is -0.479. The van der Waals surface area contributed by atoms with Crippen LogP contribution in [0.1, 0.15) is 75.2 Å². The Labute approximate surface area is 182 Å². The van der Waals surface area contributed by atoms with E-state index < -0.39 is 11.8 Å². The summed E-state index contributed by atoms with van der Waals surface area (Å²) in [7, 11) is 0. The van der Waals surface area contributed by atoms with Crippen molar-refractivity contribution in [3.05, 3.63) is 29.6 Å². The average molecular weight is 425 g/mol. The van der Waals surface area contributed by atoms with Crippen molar-refractivity contribution >= 4 is 22.8 Å². The predicted molar refractivity (Wildman–Crippen MR) is 116 cm³/mol. The Hall–Kier alpha value is -2.41. The molecule has 2 amide bonds. The lowest BCUT2D eigenvalue weighted by molar-refractivity contribution is -0.142. The molecular formula is C24H32N4O3. The maximum atomic E-state index is 13.8. The molecule has 2 aromatic rings. The van der Waals surface area contributed by atoms with Gasteiger partial charge in [0.2, 0.25) is 11.8 Å². The number of fused-ring (bicyclic) bond motifs is 1. The van der Waals surface area contributed by atoms with Crippen LogP contribution >= 0.6 is 0 Å². The second-order valence-electron chi connectivity index (χ2n) is 10.2. The Kier molecular flexibility index (Phi) is 5.24. The average Bonchev–Trinajstić information content (AvgIpc) is 3.12. The molecule has 31 heavy (non-hydrogen) atoms. The maximum Gasteiger partial charge on any atom is 0.244 e. The van der Waals surface area contributed by atoms with E-state index in [2.05, 4.69) is 24.0 Å². The number of amides is 2. The first-order chi connectivity index (χ1) is 15.0. The number of hydrogen-bond donors (Lipinski definition) is 3. The fourth-order valence-electron chi connectivity index (χ4n) is 5.80. The molecule has 7 nitrogen and oxygen atoms in total. The van der Waals surface area contributed by atoms with Gasteiger partial charge in [0.25, 0.3) is 0 Å². The molecule has 2 atom stereocenters. The van der Waals surface area contributed by atoms with Gasteiger partial charge < -0.3 is 9.88 Å². The summed E-state index contributed by atoms with van der Waals surface area (Å²) in [5.41, 5.74) is 5.04. The third-order valence-electron chi connectivity index (χ3n) is 7.72. The summed E-state index contributed by atoms with van der Waals surface area (Å²) in [6.07, 6.45) is 8.65. The van der Waals surface area contributed by atoms with E-state index in [9.17, 15) is 9.59 Å². The predicted octanol–water partition coefficient (Wildman–Crippen LogP) is 4.02. The molecule has 2 heterocycles. The topological polar surface area (TPSA) is 98.3 Å². The van der Waals surface area contributed by atoms with E-state index in [1.165, 1.54) is 18.4 Å². The summed E-state index contributed by atoms with van der Waals surface area (Å²) in [5, 5.41) is 9.08. The number of H-pyrrole nitrogens is 1. The van der Waals surface area contributed by atoms with Crippen LogP contribution in [0.3, 0.4) is 0 Å². The fourth-order valence-corrected chi connectivity index (χ4v) is 5.80. The van der Waals surface area contributed by atoms with Crippen molar-refractivity contribution in [2.75, 3.05) is 6.54 Å². The molecular weight excluding hydrogens is 392 g/mol. The van der Waals surface area contributed by atoms with Crippen molar-refractivity contribution in [2.24, 2.45) is 17.3 Å². The number of carbonyl (C=O) groups is 2. The summed E-state index contributed by atoms with van der Waals surface area (Å²) in [5.74, 6) is 0.515. The number of hydroxylamine groups is 1. The standard InChI is InChI=1S/C24H32N4O3/c1-15-6-7-18-19(10-15)26-22(25-18)20-13-24(8-9-24)14-28(20)23(30)17(12-21(29)27-31)11-16-4-2-3-5-16/h6-7,10,16-17,20,31H,2-5,8-9,11-14H2,1H3,(H,25,26)(H,27,29)/t17?,20-/m1/s1. The molecule has 7 heteroatoms. The summed E-state index contributed by atoms with van der Waals surface area (Å²) >= 11 is 0.